The molecule has 0 spiro atoms. The van der Waals surface area contributed by atoms with Crippen LogP contribution in [0.5, 0.6) is 0 Å². The fourth-order valence-electron chi connectivity index (χ4n) is 3.01. The molecule has 1 aromatic carbocycles. The maximum Gasteiger partial charge on any atom is 0.255 e. The van der Waals surface area contributed by atoms with Crippen LogP contribution in [0.25, 0.3) is 22.4 Å². The van der Waals surface area contributed by atoms with Crippen molar-refractivity contribution >= 4 is 32.8 Å². The van der Waals surface area contributed by atoms with Crippen LogP contribution in [0.1, 0.15) is 29.3 Å². The number of hydrogen-bond acceptors (Lipinski definition) is 6. The van der Waals surface area contributed by atoms with Crippen LogP contribution < -0.4 is 15.8 Å². The lowest BCUT2D eigenvalue weighted by molar-refractivity contribution is 0.0964. The molecule has 30 heavy (non-hydrogen) atoms. The number of furan rings is 1. The first-order valence-electron chi connectivity index (χ1n) is 9.44. The van der Waals surface area contributed by atoms with E-state index >= 15 is 0 Å². The number of pyridine rings is 1. The molecule has 0 aliphatic carbocycles. The van der Waals surface area contributed by atoms with Gasteiger partial charge in [0, 0.05) is 12.6 Å². The number of rotatable bonds is 8. The van der Waals surface area contributed by atoms with Gasteiger partial charge in [-0.1, -0.05) is 0 Å². The second kappa shape index (κ2) is 8.80. The normalized spacial score (nSPS) is 11.6. The van der Waals surface area contributed by atoms with Crippen molar-refractivity contribution in [3.63, 3.8) is 0 Å². The largest absolute Gasteiger partial charge is 0.437 e. The highest BCUT2D eigenvalue weighted by Crippen LogP contribution is 2.35. The Morgan fingerprint density at radius 1 is 1.27 bits per heavy atom. The topological polar surface area (TPSA) is 127 Å². The third-order valence-corrected chi connectivity index (χ3v) is 5.87. The summed E-state index contributed by atoms with van der Waals surface area (Å²) >= 11 is 0. The van der Waals surface area contributed by atoms with Gasteiger partial charge in [-0.15, -0.1) is 0 Å². The Morgan fingerprint density at radius 3 is 2.57 bits per heavy atom. The average Bonchev–Trinajstić information content (AvgIpc) is 3.09. The number of nitrogens with one attached hydrogen (secondary N) is 2. The summed E-state index contributed by atoms with van der Waals surface area (Å²) in [6.45, 7) is 1.93. The van der Waals surface area contributed by atoms with Crippen molar-refractivity contribution in [1.82, 2.24) is 10.3 Å². The molecule has 2 aromatic heterocycles. The maximum absolute atomic E-state index is 13.3. The predicted molar refractivity (Wildman–Crippen MR) is 113 cm³/mol. The number of amides is 1. The number of anilines is 1. The number of sulfonamides is 1. The molecule has 0 aliphatic rings. The molecule has 0 radical (unpaired) electrons. The number of benzene rings is 1. The molecule has 160 valence electrons. The van der Waals surface area contributed by atoms with E-state index in [9.17, 15) is 17.6 Å². The lowest BCUT2D eigenvalue weighted by Gasteiger charge is -2.11. The Hall–Kier alpha value is -2.98. The number of carbonyl (C=O) groups is 1. The van der Waals surface area contributed by atoms with E-state index in [2.05, 4.69) is 15.0 Å². The third-order valence-electron chi connectivity index (χ3n) is 4.60. The van der Waals surface area contributed by atoms with Gasteiger partial charge in [-0.2, -0.15) is 4.98 Å². The smallest absolute Gasteiger partial charge is 0.255 e. The van der Waals surface area contributed by atoms with E-state index in [1.54, 1.807) is 6.07 Å². The highest BCUT2D eigenvalue weighted by molar-refractivity contribution is 7.92. The monoisotopic (exact) mass is 434 g/mol. The zero-order valence-corrected chi connectivity index (χ0v) is 17.5. The summed E-state index contributed by atoms with van der Waals surface area (Å²) in [5, 5.41) is 3.00. The zero-order chi connectivity index (χ0) is 21.9. The van der Waals surface area contributed by atoms with Crippen molar-refractivity contribution < 1.29 is 22.0 Å². The lowest BCUT2D eigenvalue weighted by Crippen LogP contribution is -2.19. The minimum absolute atomic E-state index is 0.0956. The summed E-state index contributed by atoms with van der Waals surface area (Å²) in [7, 11) is -2.09. The summed E-state index contributed by atoms with van der Waals surface area (Å²) in [5.74, 6) is -0.583. The molecule has 3 rings (SSSR count). The van der Waals surface area contributed by atoms with E-state index in [4.69, 9.17) is 10.2 Å². The standard InChI is InChI=1S/C20H23FN4O4S/c1-3-30(27,28)25-18-13(5-4-10-22)11-15-16(19(26)23-2)17(29-20(15)24-18)12-6-8-14(21)9-7-12/h6-9,11H,3-5,10,22H2,1-2H3,(H,23,26)(H,24,25). The fourth-order valence-corrected chi connectivity index (χ4v) is 3.63. The number of carbonyl (C=O) groups excluding carboxylic acids is 1. The number of aryl methyl sites for hydroxylation is 1. The Balaban J connectivity index is 2.26. The first-order chi connectivity index (χ1) is 14.3. The molecule has 0 saturated heterocycles. The van der Waals surface area contributed by atoms with E-state index in [0.29, 0.717) is 35.9 Å². The quantitative estimate of drug-likeness (QED) is 0.500. The van der Waals surface area contributed by atoms with Crippen molar-refractivity contribution in [3.8, 4) is 11.3 Å². The van der Waals surface area contributed by atoms with Crippen LogP contribution in [0.3, 0.4) is 0 Å². The average molecular weight is 434 g/mol. The van der Waals surface area contributed by atoms with Gasteiger partial charge in [-0.05, 0) is 62.2 Å². The van der Waals surface area contributed by atoms with Crippen LogP contribution in [0.2, 0.25) is 0 Å². The first-order valence-corrected chi connectivity index (χ1v) is 11.1. The molecule has 0 aliphatic heterocycles. The van der Waals surface area contributed by atoms with Gasteiger partial charge in [-0.3, -0.25) is 9.52 Å². The van der Waals surface area contributed by atoms with Gasteiger partial charge in [0.05, 0.1) is 16.7 Å². The van der Waals surface area contributed by atoms with E-state index < -0.39 is 21.7 Å². The summed E-state index contributed by atoms with van der Waals surface area (Å²) in [4.78, 5) is 17.0. The Bertz CT molecular complexity index is 1170. The van der Waals surface area contributed by atoms with Gasteiger partial charge >= 0.3 is 0 Å². The van der Waals surface area contributed by atoms with Crippen molar-refractivity contribution in [2.45, 2.75) is 19.8 Å². The summed E-state index contributed by atoms with van der Waals surface area (Å²) in [6.07, 6.45) is 1.07. The predicted octanol–water partition coefficient (Wildman–Crippen LogP) is 2.65. The number of nitrogens with zero attached hydrogens (tertiary/aromatic N) is 1. The summed E-state index contributed by atoms with van der Waals surface area (Å²) in [6, 6.07) is 7.20. The van der Waals surface area contributed by atoms with Crippen molar-refractivity contribution in [3.05, 3.63) is 47.3 Å². The van der Waals surface area contributed by atoms with Crippen LogP contribution in [-0.4, -0.2) is 38.7 Å². The lowest BCUT2D eigenvalue weighted by atomic mass is 10.0. The summed E-state index contributed by atoms with van der Waals surface area (Å²) in [5.41, 5.74) is 7.04. The van der Waals surface area contributed by atoms with E-state index in [0.717, 1.165) is 0 Å². The van der Waals surface area contributed by atoms with Crippen LogP contribution in [0, 0.1) is 5.82 Å². The summed E-state index contributed by atoms with van der Waals surface area (Å²) < 4.78 is 45.9. The van der Waals surface area contributed by atoms with Crippen molar-refractivity contribution in [2.75, 3.05) is 24.1 Å². The van der Waals surface area contributed by atoms with Crippen LogP contribution in [0.4, 0.5) is 10.2 Å². The molecule has 3 aromatic rings. The van der Waals surface area contributed by atoms with Gasteiger partial charge < -0.3 is 15.5 Å². The first kappa shape index (κ1) is 21.7. The molecular weight excluding hydrogens is 411 g/mol. The molecule has 8 nitrogen and oxygen atoms in total. The van der Waals surface area contributed by atoms with Crippen LogP contribution in [0.15, 0.2) is 34.7 Å². The molecule has 0 saturated carbocycles. The molecule has 0 bridgehead atoms. The zero-order valence-electron chi connectivity index (χ0n) is 16.7. The Morgan fingerprint density at radius 2 is 1.97 bits per heavy atom. The number of hydrogen-bond donors (Lipinski definition) is 3. The van der Waals surface area contributed by atoms with Gasteiger partial charge in [0.15, 0.2) is 0 Å². The highest BCUT2D eigenvalue weighted by atomic mass is 32.2. The minimum atomic E-state index is -3.58. The van der Waals surface area contributed by atoms with Crippen LogP contribution >= 0.6 is 0 Å². The minimum Gasteiger partial charge on any atom is -0.437 e. The van der Waals surface area contributed by atoms with Crippen LogP contribution in [-0.2, 0) is 16.4 Å². The molecule has 2 heterocycles. The van der Waals surface area contributed by atoms with Crippen molar-refractivity contribution in [1.29, 1.82) is 0 Å². The second-order valence-electron chi connectivity index (χ2n) is 6.64. The molecular formula is C20H23FN4O4S. The number of halogens is 1. The molecule has 0 atom stereocenters. The number of aromatic nitrogens is 1. The van der Waals surface area contributed by atoms with Crippen molar-refractivity contribution in [2.24, 2.45) is 5.73 Å². The van der Waals surface area contributed by atoms with E-state index in [-0.39, 0.29) is 28.6 Å². The maximum atomic E-state index is 13.3. The number of fused-ring (bicyclic) bond motifs is 1. The van der Waals surface area contributed by atoms with E-state index in [1.165, 1.54) is 38.2 Å². The fraction of sp³-hybridized carbons (Fsp3) is 0.300. The van der Waals surface area contributed by atoms with Gasteiger partial charge in [-0.25, -0.2) is 12.8 Å². The van der Waals surface area contributed by atoms with Gasteiger partial charge in [0.2, 0.25) is 15.7 Å². The Kier molecular flexibility index (Phi) is 6.37. The van der Waals surface area contributed by atoms with E-state index in [1.807, 2.05) is 0 Å². The molecule has 4 N–H and O–H groups in total. The molecule has 0 fully saturated rings. The molecule has 10 heteroatoms. The Labute approximate surface area is 173 Å². The van der Waals surface area contributed by atoms with Gasteiger partial charge in [0.1, 0.15) is 17.4 Å². The molecule has 0 unspecified atom stereocenters. The second-order valence-corrected chi connectivity index (χ2v) is 8.65. The molecule has 1 amide bonds. The van der Waals surface area contributed by atoms with Gasteiger partial charge in [0.25, 0.3) is 5.91 Å². The highest BCUT2D eigenvalue weighted by Gasteiger charge is 2.24. The third kappa shape index (κ3) is 4.44. The number of nitrogens with two attached hydrogens (primary N) is 1. The SMILES string of the molecule is CCS(=O)(=O)Nc1nc2oc(-c3ccc(F)cc3)c(C(=O)NC)c2cc1CCCN.